The van der Waals surface area contributed by atoms with E-state index in [9.17, 15) is 24.1 Å². The van der Waals surface area contributed by atoms with Gasteiger partial charge in [-0.15, -0.1) is 0 Å². The average Bonchev–Trinajstić information content (AvgIpc) is 2.88. The Hall–Kier alpha value is -1.32. The molecule has 0 aliphatic rings. The largest absolute Gasteiger partial charge is 0.474 e. The first kappa shape index (κ1) is 37.7. The second-order valence-corrected chi connectivity index (χ2v) is 14.9. The number of aromatic nitrogens is 2. The third-order valence-corrected chi connectivity index (χ3v) is 9.68. The van der Waals surface area contributed by atoms with Crippen molar-refractivity contribution in [2.75, 3.05) is 44.2 Å². The molecule has 0 aromatic carbocycles. The molecule has 1 rings (SSSR count). The van der Waals surface area contributed by atoms with Gasteiger partial charge in [-0.05, 0) is 12.5 Å². The summed E-state index contributed by atoms with van der Waals surface area (Å²) >= 11 is 1.99. The fraction of sp³-hybridized carbons (Fsp3) is 0.760. The highest BCUT2D eigenvalue weighted by atomic mass is 32.2. The third kappa shape index (κ3) is 11.7. The summed E-state index contributed by atoms with van der Waals surface area (Å²) in [5.41, 5.74) is 1.47. The van der Waals surface area contributed by atoms with Crippen molar-refractivity contribution in [3.8, 4) is 0 Å². The molecule has 0 fully saturated rings. The molecular formula is C25H43FN3O9PS2. The number of anilines is 1. The van der Waals surface area contributed by atoms with Crippen LogP contribution in [0.1, 0.15) is 61.2 Å². The Labute approximate surface area is 249 Å². The summed E-state index contributed by atoms with van der Waals surface area (Å²) in [6.45, 7) is 11.1. The van der Waals surface area contributed by atoms with Crippen molar-refractivity contribution in [2.45, 2.75) is 72.9 Å². The van der Waals surface area contributed by atoms with E-state index in [1.165, 1.54) is 13.2 Å². The van der Waals surface area contributed by atoms with E-state index in [0.29, 0.717) is 4.57 Å². The number of nitrogens with zero attached hydrogens (tertiary/aromatic N) is 2. The van der Waals surface area contributed by atoms with E-state index in [2.05, 4.69) is 4.98 Å². The number of hydrogen-bond acceptors (Lipinski definition) is 13. The van der Waals surface area contributed by atoms with E-state index in [1.807, 2.05) is 0 Å². The number of nitrogen functional groups attached to an aromatic ring is 1. The van der Waals surface area contributed by atoms with Gasteiger partial charge in [-0.2, -0.15) is 4.98 Å². The molecule has 0 saturated heterocycles. The van der Waals surface area contributed by atoms with Gasteiger partial charge in [-0.1, -0.05) is 72.0 Å². The van der Waals surface area contributed by atoms with Crippen molar-refractivity contribution in [1.82, 2.24) is 9.55 Å². The lowest BCUT2D eigenvalue weighted by atomic mass is 9.93. The lowest BCUT2D eigenvalue weighted by Gasteiger charge is -2.37. The minimum Gasteiger partial charge on any atom is -0.385 e. The lowest BCUT2D eigenvalue weighted by Crippen LogP contribution is -2.52. The van der Waals surface area contributed by atoms with Crippen molar-refractivity contribution in [3.05, 3.63) is 22.7 Å². The molecule has 3 atom stereocenters. The summed E-state index contributed by atoms with van der Waals surface area (Å²) in [7, 11) is -3.16. The quantitative estimate of drug-likeness (QED) is 0.194. The van der Waals surface area contributed by atoms with Gasteiger partial charge in [0.05, 0.1) is 19.8 Å². The normalized spacial score (nSPS) is 15.8. The average molecular weight is 644 g/mol. The first-order valence-electron chi connectivity index (χ1n) is 12.9. The topological polar surface area (TPSA) is 169 Å². The number of ether oxygens (including phenoxy) is 1. The number of rotatable bonds is 16. The van der Waals surface area contributed by atoms with Crippen LogP contribution in [-0.4, -0.2) is 75.0 Å². The van der Waals surface area contributed by atoms with Gasteiger partial charge in [-0.25, -0.2) is 13.8 Å². The number of hydrogen-bond donors (Lipinski definition) is 2. The van der Waals surface area contributed by atoms with Crippen molar-refractivity contribution in [3.63, 3.8) is 0 Å². The predicted octanol–water partition coefficient (Wildman–Crippen LogP) is 4.22. The van der Waals surface area contributed by atoms with Gasteiger partial charge in [-0.3, -0.25) is 27.7 Å². The van der Waals surface area contributed by atoms with Gasteiger partial charge in [0.15, 0.2) is 10.2 Å². The van der Waals surface area contributed by atoms with Crippen molar-refractivity contribution < 1.29 is 42.0 Å². The second-order valence-electron chi connectivity index (χ2n) is 11.1. The zero-order valence-corrected chi connectivity index (χ0v) is 27.4. The van der Waals surface area contributed by atoms with E-state index < -0.39 is 48.9 Å². The first-order valence-corrected chi connectivity index (χ1v) is 16.3. The van der Waals surface area contributed by atoms with Crippen molar-refractivity contribution in [2.24, 2.45) is 10.8 Å². The number of halogens is 1. The Morgan fingerprint density at radius 3 is 1.95 bits per heavy atom. The van der Waals surface area contributed by atoms with E-state index in [0.717, 1.165) is 29.7 Å². The van der Waals surface area contributed by atoms with Gasteiger partial charge >= 0.3 is 13.5 Å². The first-order chi connectivity index (χ1) is 18.8. The number of aliphatic hydroxyl groups excluding tert-OH is 1. The second kappa shape index (κ2) is 15.9. The molecule has 1 heterocycles. The number of alkyl halides is 1. The Morgan fingerprint density at radius 1 is 1.07 bits per heavy atom. The van der Waals surface area contributed by atoms with E-state index in [4.69, 9.17) is 24.0 Å². The molecule has 0 unspecified atom stereocenters. The summed E-state index contributed by atoms with van der Waals surface area (Å²) in [5, 5.41) is 10.7. The Morgan fingerprint density at radius 2 is 1.56 bits per heavy atom. The molecule has 0 aliphatic carbocycles. The van der Waals surface area contributed by atoms with Crippen LogP contribution in [0.25, 0.3) is 0 Å². The number of thioether (sulfide) groups is 2. The maximum Gasteiger partial charge on any atom is 0.474 e. The molecule has 3 N–H and O–H groups in total. The monoisotopic (exact) mass is 643 g/mol. The molecule has 0 saturated carbocycles. The van der Waals surface area contributed by atoms with Crippen LogP contribution in [0.3, 0.4) is 0 Å². The maximum atomic E-state index is 15.3. The molecule has 0 spiro atoms. The Balaban J connectivity index is 3.06. The van der Waals surface area contributed by atoms with E-state index in [-0.39, 0.29) is 47.2 Å². The fourth-order valence-electron chi connectivity index (χ4n) is 3.04. The minimum absolute atomic E-state index is 0.0336. The number of aliphatic hydroxyl groups is 1. The number of nitrogens with two attached hydrogens (primary N) is 1. The summed E-state index contributed by atoms with van der Waals surface area (Å²) < 4.78 is 51.3. The van der Waals surface area contributed by atoms with Crippen LogP contribution in [0.4, 0.5) is 10.2 Å². The highest BCUT2D eigenvalue weighted by Gasteiger charge is 2.45. The van der Waals surface area contributed by atoms with Crippen LogP contribution in [0.5, 0.6) is 0 Å². The number of carbonyl (C=O) groups excluding carboxylic acids is 2. The Kier molecular flexibility index (Phi) is 14.7. The highest BCUT2D eigenvalue weighted by Crippen LogP contribution is 2.51. The van der Waals surface area contributed by atoms with Gasteiger partial charge in [0, 0.05) is 35.6 Å². The minimum atomic E-state index is -4.36. The molecular weight excluding hydrogens is 600 g/mol. The summed E-state index contributed by atoms with van der Waals surface area (Å²) in [6.07, 6.45) is -3.29. The van der Waals surface area contributed by atoms with E-state index in [1.54, 1.807) is 48.5 Å². The molecule has 0 aliphatic heterocycles. The molecule has 0 radical (unpaired) electrons. The number of phosphoric ester groups is 1. The van der Waals surface area contributed by atoms with Crippen LogP contribution >= 0.6 is 31.3 Å². The van der Waals surface area contributed by atoms with E-state index >= 15 is 4.39 Å². The summed E-state index contributed by atoms with van der Waals surface area (Å²) in [4.78, 5) is 40.0. The van der Waals surface area contributed by atoms with Gasteiger partial charge in [0.25, 0.3) is 0 Å². The predicted molar refractivity (Wildman–Crippen MR) is 158 cm³/mol. The van der Waals surface area contributed by atoms with Crippen LogP contribution < -0.4 is 11.4 Å². The molecule has 0 bridgehead atoms. The Bertz CT molecular complexity index is 1080. The van der Waals surface area contributed by atoms with Crippen molar-refractivity contribution >= 4 is 47.4 Å². The number of phosphoric acid groups is 1. The molecule has 1 aromatic heterocycles. The van der Waals surface area contributed by atoms with Crippen LogP contribution in [0, 0.1) is 10.8 Å². The number of methoxy groups -OCH3 is 1. The third-order valence-electron chi connectivity index (χ3n) is 5.75. The SMILES string of the molecule is CC[C@](COP(=O)(OCCSC(=O)C(C)(C)C)OCCSC(=O)C(C)(C)C)(OC)[C@@H](O)[C@@H](F)n1ccc(N)nc1=O. The van der Waals surface area contributed by atoms with Gasteiger partial charge in [0.1, 0.15) is 17.5 Å². The molecule has 16 heteroatoms. The smallest absolute Gasteiger partial charge is 0.385 e. The maximum absolute atomic E-state index is 15.3. The fourth-order valence-corrected chi connectivity index (χ4v) is 6.08. The van der Waals surface area contributed by atoms with Crippen LogP contribution in [0.15, 0.2) is 17.1 Å². The highest BCUT2D eigenvalue weighted by molar-refractivity contribution is 8.14. The zero-order valence-electron chi connectivity index (χ0n) is 24.9. The molecule has 0 amide bonds. The summed E-state index contributed by atoms with van der Waals surface area (Å²) in [5.74, 6) is 0.176. The molecule has 12 nitrogen and oxygen atoms in total. The molecule has 41 heavy (non-hydrogen) atoms. The van der Waals surface area contributed by atoms with Gasteiger partial charge in [0.2, 0.25) is 6.30 Å². The standard InChI is InChI=1S/C25H43FN3O9PS2/c1-9-25(35-8,18(30)19(26)29-11-10-17(27)28-22(29)33)16-38-39(34,36-12-14-40-20(31)23(2,3)4)37-13-15-41-21(32)24(5,6)7/h10-11,18-19,30H,9,12-16H2,1-8H3,(H2,27,28,33)/t18-,19-,25+/m0/s1. The van der Waals surface area contributed by atoms with Crippen molar-refractivity contribution in [1.29, 1.82) is 0 Å². The van der Waals surface area contributed by atoms with Crippen LogP contribution in [0.2, 0.25) is 0 Å². The number of carbonyl (C=O) groups is 2. The lowest BCUT2D eigenvalue weighted by molar-refractivity contribution is -0.164. The zero-order chi connectivity index (χ0) is 31.6. The molecule has 1 aromatic rings. The molecule has 236 valence electrons. The van der Waals surface area contributed by atoms with Crippen LogP contribution in [-0.2, 0) is 32.5 Å². The van der Waals surface area contributed by atoms with Gasteiger partial charge < -0.3 is 15.6 Å². The summed E-state index contributed by atoms with van der Waals surface area (Å²) in [6, 6.07) is 1.19.